The van der Waals surface area contributed by atoms with Gasteiger partial charge in [0.2, 0.25) is 6.79 Å². The second-order valence-corrected chi connectivity index (χ2v) is 7.14. The van der Waals surface area contributed by atoms with Gasteiger partial charge in [0.05, 0.1) is 5.69 Å². The Kier molecular flexibility index (Phi) is 4.42. The van der Waals surface area contributed by atoms with Gasteiger partial charge in [-0.2, -0.15) is 5.26 Å². The number of benzene rings is 2. The Labute approximate surface area is 170 Å². The largest absolute Gasteiger partial charge is 0.486 e. The van der Waals surface area contributed by atoms with Gasteiger partial charge in [-0.25, -0.2) is 4.98 Å². The Morgan fingerprint density at radius 3 is 2.66 bits per heavy atom. The topological polar surface area (TPSA) is 85.6 Å². The number of hydrogen-bond acceptors (Lipinski definition) is 8. The van der Waals surface area contributed by atoms with Gasteiger partial charge in [-0.05, 0) is 30.3 Å². The second kappa shape index (κ2) is 7.37. The van der Waals surface area contributed by atoms with Crippen LogP contribution in [0, 0.1) is 11.3 Å². The highest BCUT2D eigenvalue weighted by atomic mass is 32.1. The number of nitrogens with zero attached hydrogens (tertiary/aromatic N) is 2. The molecule has 0 saturated carbocycles. The standard InChI is InChI=1S/C21H15N3O4S/c22-9-14(10-23-15-2-4-17-20(8-15)26-6-5-25-17)21-24-16(11-29-21)13-1-3-18-19(7-13)28-12-27-18/h1-4,7-8,10-11,23H,5-6,12H2/b14-10+. The molecule has 0 unspecified atom stereocenters. The van der Waals surface area contributed by atoms with E-state index in [4.69, 9.17) is 18.9 Å². The highest BCUT2D eigenvalue weighted by Crippen LogP contribution is 2.37. The van der Waals surface area contributed by atoms with E-state index in [1.807, 2.05) is 41.8 Å². The van der Waals surface area contributed by atoms with Crippen LogP contribution in [-0.2, 0) is 0 Å². The normalized spacial score (nSPS) is 14.4. The van der Waals surface area contributed by atoms with Crippen LogP contribution in [0.15, 0.2) is 48.0 Å². The molecule has 3 aromatic rings. The van der Waals surface area contributed by atoms with E-state index in [0.29, 0.717) is 35.3 Å². The molecule has 7 nitrogen and oxygen atoms in total. The number of fused-ring (bicyclic) bond motifs is 2. The lowest BCUT2D eigenvalue weighted by Crippen LogP contribution is -2.15. The van der Waals surface area contributed by atoms with Crippen molar-refractivity contribution in [2.45, 2.75) is 0 Å². The van der Waals surface area contributed by atoms with E-state index < -0.39 is 0 Å². The van der Waals surface area contributed by atoms with Gasteiger partial charge in [0, 0.05) is 28.9 Å². The first-order chi connectivity index (χ1) is 14.3. The number of anilines is 1. The predicted molar refractivity (Wildman–Crippen MR) is 108 cm³/mol. The quantitative estimate of drug-likeness (QED) is 0.648. The first-order valence-electron chi connectivity index (χ1n) is 8.92. The maximum Gasteiger partial charge on any atom is 0.231 e. The van der Waals surface area contributed by atoms with Gasteiger partial charge in [-0.1, -0.05) is 0 Å². The van der Waals surface area contributed by atoms with Gasteiger partial charge in [-0.3, -0.25) is 0 Å². The second-order valence-electron chi connectivity index (χ2n) is 6.28. The molecule has 0 saturated heterocycles. The fourth-order valence-electron chi connectivity index (χ4n) is 3.02. The van der Waals surface area contributed by atoms with E-state index in [1.165, 1.54) is 11.3 Å². The minimum Gasteiger partial charge on any atom is -0.486 e. The summed E-state index contributed by atoms with van der Waals surface area (Å²) in [5.74, 6) is 2.84. The van der Waals surface area contributed by atoms with Crippen LogP contribution in [0.2, 0.25) is 0 Å². The SMILES string of the molecule is N#C/C(=C\Nc1ccc2c(c1)OCCO2)c1nc(-c2ccc3c(c2)OCO3)cs1. The highest BCUT2D eigenvalue weighted by molar-refractivity contribution is 7.11. The number of nitrogens with one attached hydrogen (secondary N) is 1. The van der Waals surface area contributed by atoms with E-state index in [9.17, 15) is 5.26 Å². The number of ether oxygens (including phenoxy) is 4. The molecule has 2 aliphatic heterocycles. The monoisotopic (exact) mass is 405 g/mol. The third-order valence-electron chi connectivity index (χ3n) is 4.45. The van der Waals surface area contributed by atoms with Crippen molar-refractivity contribution in [1.82, 2.24) is 4.98 Å². The Bertz CT molecular complexity index is 1150. The smallest absolute Gasteiger partial charge is 0.231 e. The molecule has 1 N–H and O–H groups in total. The Morgan fingerprint density at radius 2 is 1.76 bits per heavy atom. The summed E-state index contributed by atoms with van der Waals surface area (Å²) in [7, 11) is 0. The summed E-state index contributed by atoms with van der Waals surface area (Å²) in [4.78, 5) is 4.61. The number of rotatable bonds is 4. The molecule has 2 aromatic carbocycles. The van der Waals surface area contributed by atoms with Gasteiger partial charge < -0.3 is 24.3 Å². The summed E-state index contributed by atoms with van der Waals surface area (Å²) >= 11 is 1.41. The van der Waals surface area contributed by atoms with Gasteiger partial charge >= 0.3 is 0 Å². The fraction of sp³-hybridized carbons (Fsp3) is 0.143. The average molecular weight is 405 g/mol. The first kappa shape index (κ1) is 17.4. The summed E-state index contributed by atoms with van der Waals surface area (Å²) in [6, 6.07) is 13.5. The maximum atomic E-state index is 9.58. The lowest BCUT2D eigenvalue weighted by atomic mass is 10.1. The number of hydrogen-bond donors (Lipinski definition) is 1. The molecule has 0 bridgehead atoms. The fourth-order valence-corrected chi connectivity index (χ4v) is 3.81. The predicted octanol–water partition coefficient (Wildman–Crippen LogP) is 4.29. The lowest BCUT2D eigenvalue weighted by molar-refractivity contribution is 0.171. The van der Waals surface area contributed by atoms with E-state index in [0.717, 1.165) is 28.4 Å². The number of allylic oxidation sites excluding steroid dienone is 1. The molecule has 5 rings (SSSR count). The average Bonchev–Trinajstić information content (AvgIpc) is 3.43. The summed E-state index contributed by atoms with van der Waals surface area (Å²) in [6.45, 7) is 1.31. The van der Waals surface area contributed by atoms with Gasteiger partial charge in [0.25, 0.3) is 0 Å². The maximum absolute atomic E-state index is 9.58. The first-order valence-corrected chi connectivity index (χ1v) is 9.80. The van der Waals surface area contributed by atoms with Crippen LogP contribution < -0.4 is 24.3 Å². The van der Waals surface area contributed by atoms with E-state index in [-0.39, 0.29) is 6.79 Å². The van der Waals surface area contributed by atoms with Crippen LogP contribution in [0.4, 0.5) is 5.69 Å². The van der Waals surface area contributed by atoms with Crippen molar-refractivity contribution in [3.8, 4) is 40.3 Å². The van der Waals surface area contributed by atoms with Crippen LogP contribution in [-0.4, -0.2) is 25.0 Å². The molecule has 1 aromatic heterocycles. The molecule has 0 amide bonds. The zero-order valence-corrected chi connectivity index (χ0v) is 16.0. The van der Waals surface area contributed by atoms with E-state index in [1.54, 1.807) is 6.20 Å². The van der Waals surface area contributed by atoms with Crippen molar-refractivity contribution in [3.05, 3.63) is 53.0 Å². The Hall–Kier alpha value is -3.70. The van der Waals surface area contributed by atoms with E-state index >= 15 is 0 Å². The lowest BCUT2D eigenvalue weighted by Gasteiger charge is -2.18. The van der Waals surface area contributed by atoms with Gasteiger partial charge in [0.1, 0.15) is 29.9 Å². The molecule has 0 spiro atoms. The molecule has 0 aliphatic carbocycles. The molecule has 0 fully saturated rings. The molecule has 0 atom stereocenters. The van der Waals surface area contributed by atoms with Crippen molar-refractivity contribution in [3.63, 3.8) is 0 Å². The van der Waals surface area contributed by atoms with Crippen LogP contribution in [0.5, 0.6) is 23.0 Å². The molecule has 2 aliphatic rings. The zero-order chi connectivity index (χ0) is 19.6. The Balaban J connectivity index is 1.36. The minimum absolute atomic E-state index is 0.230. The molecular weight excluding hydrogens is 390 g/mol. The van der Waals surface area contributed by atoms with Crippen LogP contribution in [0.3, 0.4) is 0 Å². The summed E-state index contributed by atoms with van der Waals surface area (Å²) in [5.41, 5.74) is 2.93. The summed E-state index contributed by atoms with van der Waals surface area (Å²) in [6.07, 6.45) is 1.65. The van der Waals surface area contributed by atoms with Crippen LogP contribution in [0.25, 0.3) is 16.8 Å². The molecule has 0 radical (unpaired) electrons. The van der Waals surface area contributed by atoms with Gasteiger partial charge in [-0.15, -0.1) is 11.3 Å². The van der Waals surface area contributed by atoms with Crippen molar-refractivity contribution < 1.29 is 18.9 Å². The van der Waals surface area contributed by atoms with E-state index in [2.05, 4.69) is 16.4 Å². The van der Waals surface area contributed by atoms with Crippen LogP contribution in [0.1, 0.15) is 5.01 Å². The zero-order valence-electron chi connectivity index (χ0n) is 15.2. The molecule has 3 heterocycles. The number of thiazole rings is 1. The van der Waals surface area contributed by atoms with Crippen LogP contribution >= 0.6 is 11.3 Å². The molecule has 8 heteroatoms. The third kappa shape index (κ3) is 3.44. The molecular formula is C21H15N3O4S. The summed E-state index contributed by atoms with van der Waals surface area (Å²) < 4.78 is 21.9. The third-order valence-corrected chi connectivity index (χ3v) is 5.32. The summed E-state index contributed by atoms with van der Waals surface area (Å²) in [5, 5.41) is 15.3. The number of nitriles is 1. The van der Waals surface area contributed by atoms with Crippen molar-refractivity contribution >= 4 is 22.6 Å². The molecule has 144 valence electrons. The van der Waals surface area contributed by atoms with Crippen molar-refractivity contribution in [2.75, 3.05) is 25.3 Å². The minimum atomic E-state index is 0.230. The Morgan fingerprint density at radius 1 is 1.00 bits per heavy atom. The highest BCUT2D eigenvalue weighted by Gasteiger charge is 2.16. The molecule has 29 heavy (non-hydrogen) atoms. The number of aromatic nitrogens is 1. The van der Waals surface area contributed by atoms with Crippen molar-refractivity contribution in [2.24, 2.45) is 0 Å². The van der Waals surface area contributed by atoms with Gasteiger partial charge in [0.15, 0.2) is 23.0 Å². The van der Waals surface area contributed by atoms with Crippen molar-refractivity contribution in [1.29, 1.82) is 5.26 Å².